The second-order valence-corrected chi connectivity index (χ2v) is 5.55. The highest BCUT2D eigenvalue weighted by molar-refractivity contribution is 5.31. The van der Waals surface area contributed by atoms with Crippen LogP contribution in [0.2, 0.25) is 0 Å². The van der Waals surface area contributed by atoms with Crippen LogP contribution in [0.1, 0.15) is 38.7 Å². The largest absolute Gasteiger partial charge is 0.484 e. The van der Waals surface area contributed by atoms with E-state index in [0.29, 0.717) is 11.8 Å². The molecule has 2 nitrogen and oxygen atoms in total. The summed E-state index contributed by atoms with van der Waals surface area (Å²) in [5.41, 5.74) is 0.216. The van der Waals surface area contributed by atoms with Gasteiger partial charge in [-0.1, -0.05) is 13.8 Å². The molecular formula is C15H20F2O2. The Labute approximate surface area is 112 Å². The van der Waals surface area contributed by atoms with E-state index in [1.54, 1.807) is 0 Å². The van der Waals surface area contributed by atoms with Crippen LogP contribution in [0.25, 0.3) is 0 Å². The maximum atomic E-state index is 13.8. The molecule has 3 atom stereocenters. The van der Waals surface area contributed by atoms with E-state index < -0.39 is 11.6 Å². The molecule has 0 aliphatic heterocycles. The van der Waals surface area contributed by atoms with Crippen molar-refractivity contribution in [3.8, 4) is 5.75 Å². The Hall–Kier alpha value is -1.16. The molecule has 0 saturated heterocycles. The molecular weight excluding hydrogens is 250 g/mol. The fraction of sp³-hybridized carbons (Fsp3) is 0.600. The van der Waals surface area contributed by atoms with Crippen LogP contribution in [0, 0.1) is 23.5 Å². The molecule has 0 aromatic heterocycles. The minimum Gasteiger partial charge on any atom is -0.484 e. The second kappa shape index (κ2) is 5.87. The first-order valence-corrected chi connectivity index (χ1v) is 6.76. The van der Waals surface area contributed by atoms with Gasteiger partial charge in [-0.25, -0.2) is 8.78 Å². The Kier molecular flexibility index (Phi) is 4.40. The zero-order chi connectivity index (χ0) is 14.0. The highest BCUT2D eigenvalue weighted by Crippen LogP contribution is 2.33. The van der Waals surface area contributed by atoms with Gasteiger partial charge in [-0.2, -0.15) is 0 Å². The van der Waals surface area contributed by atoms with Gasteiger partial charge in [0.25, 0.3) is 0 Å². The van der Waals surface area contributed by atoms with Crippen LogP contribution in [0.3, 0.4) is 0 Å². The lowest BCUT2D eigenvalue weighted by Gasteiger charge is -2.32. The van der Waals surface area contributed by atoms with E-state index in [0.717, 1.165) is 31.4 Å². The van der Waals surface area contributed by atoms with Gasteiger partial charge < -0.3 is 9.84 Å². The molecule has 1 aromatic carbocycles. The Morgan fingerprint density at radius 3 is 2.32 bits per heavy atom. The average Bonchev–Trinajstić information content (AvgIpc) is 2.37. The first-order valence-electron chi connectivity index (χ1n) is 6.76. The molecule has 1 saturated carbocycles. The van der Waals surface area contributed by atoms with E-state index >= 15 is 0 Å². The van der Waals surface area contributed by atoms with E-state index in [4.69, 9.17) is 9.84 Å². The van der Waals surface area contributed by atoms with Crippen molar-refractivity contribution in [3.05, 3.63) is 29.3 Å². The van der Waals surface area contributed by atoms with E-state index in [-0.39, 0.29) is 24.0 Å². The molecule has 2 rings (SSSR count). The number of aliphatic hydroxyl groups is 1. The number of hydrogen-bond donors (Lipinski definition) is 1. The van der Waals surface area contributed by atoms with Gasteiger partial charge in [0, 0.05) is 0 Å². The van der Waals surface area contributed by atoms with E-state index in [1.165, 1.54) is 0 Å². The lowest BCUT2D eigenvalue weighted by molar-refractivity contribution is 0.0925. The number of hydrogen-bond acceptors (Lipinski definition) is 2. The monoisotopic (exact) mass is 270 g/mol. The predicted octanol–water partition coefficient (Wildman–Crippen LogP) is 3.66. The van der Waals surface area contributed by atoms with Crippen molar-refractivity contribution in [3.63, 3.8) is 0 Å². The van der Waals surface area contributed by atoms with Gasteiger partial charge in [0.1, 0.15) is 0 Å². The van der Waals surface area contributed by atoms with E-state index in [9.17, 15) is 8.78 Å². The summed E-state index contributed by atoms with van der Waals surface area (Å²) < 4.78 is 33.0. The van der Waals surface area contributed by atoms with Gasteiger partial charge in [-0.05, 0) is 48.8 Å². The summed E-state index contributed by atoms with van der Waals surface area (Å²) in [6, 6.07) is 2.24. The molecule has 1 fully saturated rings. The van der Waals surface area contributed by atoms with Crippen molar-refractivity contribution in [2.75, 3.05) is 0 Å². The zero-order valence-corrected chi connectivity index (χ0v) is 11.3. The Morgan fingerprint density at radius 2 is 1.79 bits per heavy atom. The SMILES string of the molecule is CC1CCC(Oc2c(F)cc(CO)cc2F)CC1C. The van der Waals surface area contributed by atoms with Crippen LogP contribution in [0.15, 0.2) is 12.1 Å². The van der Waals surface area contributed by atoms with Crippen LogP contribution >= 0.6 is 0 Å². The summed E-state index contributed by atoms with van der Waals surface area (Å²) in [5, 5.41) is 8.89. The molecule has 1 N–H and O–H groups in total. The summed E-state index contributed by atoms with van der Waals surface area (Å²) >= 11 is 0. The molecule has 1 aliphatic carbocycles. The minimum absolute atomic E-state index is 0.129. The van der Waals surface area contributed by atoms with E-state index in [1.807, 2.05) is 0 Å². The van der Waals surface area contributed by atoms with Crippen LogP contribution in [-0.2, 0) is 6.61 Å². The quantitative estimate of drug-likeness (QED) is 0.908. The second-order valence-electron chi connectivity index (χ2n) is 5.55. The van der Waals surface area contributed by atoms with Gasteiger partial charge in [0.05, 0.1) is 12.7 Å². The molecule has 1 aliphatic rings. The molecule has 0 heterocycles. The predicted molar refractivity (Wildman–Crippen MR) is 68.9 cm³/mol. The van der Waals surface area contributed by atoms with Crippen molar-refractivity contribution >= 4 is 0 Å². The highest BCUT2D eigenvalue weighted by Gasteiger charge is 2.27. The van der Waals surface area contributed by atoms with Crippen molar-refractivity contribution in [1.29, 1.82) is 0 Å². The van der Waals surface area contributed by atoms with Crippen molar-refractivity contribution in [2.24, 2.45) is 11.8 Å². The van der Waals surface area contributed by atoms with Gasteiger partial charge >= 0.3 is 0 Å². The standard InChI is InChI=1S/C15H20F2O2/c1-9-3-4-12(5-10(9)2)19-15-13(16)6-11(8-18)7-14(15)17/h6-7,9-10,12,18H,3-5,8H2,1-2H3. The third-order valence-corrected chi connectivity index (χ3v) is 4.08. The number of rotatable bonds is 3. The summed E-state index contributed by atoms with van der Waals surface area (Å²) in [6.07, 6.45) is 2.53. The first-order chi connectivity index (χ1) is 9.01. The van der Waals surface area contributed by atoms with Crippen LogP contribution in [0.4, 0.5) is 8.78 Å². The fourth-order valence-electron chi connectivity index (χ4n) is 2.59. The number of aliphatic hydroxyl groups excluding tert-OH is 1. The first kappa shape index (κ1) is 14.3. The normalized spacial score (nSPS) is 27.3. The molecule has 0 radical (unpaired) electrons. The topological polar surface area (TPSA) is 29.5 Å². The lowest BCUT2D eigenvalue weighted by atomic mass is 9.80. The molecule has 0 amide bonds. The lowest BCUT2D eigenvalue weighted by Crippen LogP contribution is -2.29. The maximum absolute atomic E-state index is 13.8. The Balaban J connectivity index is 2.11. The van der Waals surface area contributed by atoms with Crippen LogP contribution < -0.4 is 4.74 Å². The van der Waals surface area contributed by atoms with Gasteiger partial charge in [-0.3, -0.25) is 0 Å². The van der Waals surface area contributed by atoms with Crippen molar-refractivity contribution in [1.82, 2.24) is 0 Å². The molecule has 1 aromatic rings. The third kappa shape index (κ3) is 3.24. The van der Waals surface area contributed by atoms with Gasteiger partial charge in [0.15, 0.2) is 17.4 Å². The average molecular weight is 270 g/mol. The fourth-order valence-corrected chi connectivity index (χ4v) is 2.59. The summed E-state index contributed by atoms with van der Waals surface area (Å²) in [7, 11) is 0. The van der Waals surface area contributed by atoms with E-state index in [2.05, 4.69) is 13.8 Å². The smallest absolute Gasteiger partial charge is 0.191 e. The van der Waals surface area contributed by atoms with Gasteiger partial charge in [0.2, 0.25) is 0 Å². The number of halogens is 2. The highest BCUT2D eigenvalue weighted by atomic mass is 19.1. The Morgan fingerprint density at radius 1 is 1.16 bits per heavy atom. The molecule has 0 bridgehead atoms. The molecule has 106 valence electrons. The van der Waals surface area contributed by atoms with Crippen molar-refractivity contribution in [2.45, 2.75) is 45.8 Å². The molecule has 3 unspecified atom stereocenters. The number of benzene rings is 1. The summed E-state index contributed by atoms with van der Waals surface area (Å²) in [6.45, 7) is 3.95. The maximum Gasteiger partial charge on any atom is 0.191 e. The molecule has 0 spiro atoms. The minimum atomic E-state index is -0.740. The molecule has 19 heavy (non-hydrogen) atoms. The van der Waals surface area contributed by atoms with Crippen LogP contribution in [-0.4, -0.2) is 11.2 Å². The summed E-state index contributed by atoms with van der Waals surface area (Å²) in [4.78, 5) is 0. The van der Waals surface area contributed by atoms with Crippen LogP contribution in [0.5, 0.6) is 5.75 Å². The molecule has 4 heteroatoms. The third-order valence-electron chi connectivity index (χ3n) is 4.08. The van der Waals surface area contributed by atoms with Gasteiger partial charge in [-0.15, -0.1) is 0 Å². The summed E-state index contributed by atoms with van der Waals surface area (Å²) in [5.74, 6) is -0.664. The van der Waals surface area contributed by atoms with Crippen molar-refractivity contribution < 1.29 is 18.6 Å². The Bertz CT molecular complexity index is 425. The number of ether oxygens (including phenoxy) is 1. The zero-order valence-electron chi connectivity index (χ0n) is 11.3.